The molecule has 17 heavy (non-hydrogen) atoms. The lowest BCUT2D eigenvalue weighted by Gasteiger charge is -2.35. The van der Waals surface area contributed by atoms with Crippen molar-refractivity contribution in [3.05, 3.63) is 28.5 Å². The highest BCUT2D eigenvalue weighted by molar-refractivity contribution is 9.10. The number of amides is 1. The van der Waals surface area contributed by atoms with E-state index in [1.54, 1.807) is 17.2 Å². The lowest BCUT2D eigenvalue weighted by atomic mass is 10.2. The van der Waals surface area contributed by atoms with E-state index in [0.29, 0.717) is 18.8 Å². The second-order valence-corrected chi connectivity index (χ2v) is 5.24. The normalized spacial score (nSPS) is 24.8. The first-order chi connectivity index (χ1) is 8.06. The number of hydrogen-bond acceptors (Lipinski definition) is 3. The molecule has 92 valence electrons. The van der Waals surface area contributed by atoms with E-state index in [2.05, 4.69) is 20.9 Å². The summed E-state index contributed by atoms with van der Waals surface area (Å²) >= 11 is 3.30. The summed E-state index contributed by atoms with van der Waals surface area (Å²) in [7, 11) is 0. The van der Waals surface area contributed by atoms with Crippen LogP contribution in [0.1, 0.15) is 24.3 Å². The monoisotopic (exact) mass is 298 g/mol. The molecular weight excluding hydrogens is 284 g/mol. The smallest absolute Gasteiger partial charge is 0.272 e. The third-order valence-corrected chi connectivity index (χ3v) is 3.12. The van der Waals surface area contributed by atoms with Crippen molar-refractivity contribution in [1.82, 2.24) is 9.88 Å². The zero-order valence-corrected chi connectivity index (χ0v) is 11.5. The molecule has 0 spiro atoms. The van der Waals surface area contributed by atoms with Gasteiger partial charge in [0.1, 0.15) is 5.69 Å². The molecular formula is C12H15BrN2O2. The summed E-state index contributed by atoms with van der Waals surface area (Å²) in [6, 6.07) is 3.56. The highest BCUT2D eigenvalue weighted by Crippen LogP contribution is 2.14. The molecule has 1 unspecified atom stereocenters. The highest BCUT2D eigenvalue weighted by Gasteiger charge is 2.26. The number of morpholine rings is 1. The lowest BCUT2D eigenvalue weighted by Crippen LogP contribution is -2.48. The van der Waals surface area contributed by atoms with Crippen molar-refractivity contribution in [3.63, 3.8) is 0 Å². The molecule has 0 saturated carbocycles. The molecule has 2 heterocycles. The summed E-state index contributed by atoms with van der Waals surface area (Å²) in [5.74, 6) is -0.0282. The summed E-state index contributed by atoms with van der Waals surface area (Å²) < 4.78 is 6.47. The maximum atomic E-state index is 12.2. The molecule has 0 aliphatic carbocycles. The minimum absolute atomic E-state index is 0.0282. The first-order valence-corrected chi connectivity index (χ1v) is 6.42. The second kappa shape index (κ2) is 5.14. The summed E-state index contributed by atoms with van der Waals surface area (Å²) in [6.07, 6.45) is 1.80. The molecule has 2 rings (SSSR count). The van der Waals surface area contributed by atoms with Gasteiger partial charge in [0.05, 0.1) is 12.2 Å². The molecule has 1 fully saturated rings. The Morgan fingerprint density at radius 2 is 2.06 bits per heavy atom. The molecule has 1 aromatic heterocycles. The minimum atomic E-state index is -0.0282. The predicted molar refractivity (Wildman–Crippen MR) is 67.8 cm³/mol. The Kier molecular flexibility index (Phi) is 3.79. The van der Waals surface area contributed by atoms with E-state index in [-0.39, 0.29) is 18.1 Å². The van der Waals surface area contributed by atoms with E-state index < -0.39 is 0 Å². The van der Waals surface area contributed by atoms with Crippen molar-refractivity contribution in [2.75, 3.05) is 13.1 Å². The van der Waals surface area contributed by atoms with Gasteiger partial charge in [0.2, 0.25) is 0 Å². The van der Waals surface area contributed by atoms with Gasteiger partial charge in [0.25, 0.3) is 5.91 Å². The van der Waals surface area contributed by atoms with Crippen molar-refractivity contribution in [2.45, 2.75) is 26.1 Å². The number of halogens is 1. The SMILES string of the molecule is CC1CN(C(=O)c2ccc(Br)cn2)C[C@@H](C)O1. The van der Waals surface area contributed by atoms with Crippen LogP contribution in [0.2, 0.25) is 0 Å². The molecule has 1 saturated heterocycles. The molecule has 0 bridgehead atoms. The fraction of sp³-hybridized carbons (Fsp3) is 0.500. The first kappa shape index (κ1) is 12.5. The van der Waals surface area contributed by atoms with Crippen molar-refractivity contribution < 1.29 is 9.53 Å². The lowest BCUT2D eigenvalue weighted by molar-refractivity contribution is -0.0587. The van der Waals surface area contributed by atoms with Crippen LogP contribution in [0.4, 0.5) is 0 Å². The summed E-state index contributed by atoms with van der Waals surface area (Å²) in [5, 5.41) is 0. The van der Waals surface area contributed by atoms with Crippen LogP contribution in [0.15, 0.2) is 22.8 Å². The van der Waals surface area contributed by atoms with E-state index in [0.717, 1.165) is 4.47 Å². The van der Waals surface area contributed by atoms with Crippen LogP contribution in [0, 0.1) is 0 Å². The minimum Gasteiger partial charge on any atom is -0.372 e. The maximum Gasteiger partial charge on any atom is 0.272 e. The summed E-state index contributed by atoms with van der Waals surface area (Å²) in [5.41, 5.74) is 0.481. The molecule has 1 aliphatic heterocycles. The van der Waals surface area contributed by atoms with Crippen LogP contribution < -0.4 is 0 Å². The van der Waals surface area contributed by atoms with Crippen LogP contribution in [0.3, 0.4) is 0 Å². The van der Waals surface area contributed by atoms with Gasteiger partial charge in [-0.25, -0.2) is 4.98 Å². The average Bonchev–Trinajstić information content (AvgIpc) is 2.28. The maximum absolute atomic E-state index is 12.2. The van der Waals surface area contributed by atoms with Gasteiger partial charge >= 0.3 is 0 Å². The fourth-order valence-electron chi connectivity index (χ4n) is 2.01. The fourth-order valence-corrected chi connectivity index (χ4v) is 2.24. The van der Waals surface area contributed by atoms with Crippen LogP contribution >= 0.6 is 15.9 Å². The molecule has 5 heteroatoms. The number of ether oxygens (including phenoxy) is 1. The Morgan fingerprint density at radius 3 is 2.59 bits per heavy atom. The number of carbonyl (C=O) groups is 1. The average molecular weight is 299 g/mol. The van der Waals surface area contributed by atoms with Gasteiger partial charge in [0.15, 0.2) is 0 Å². The number of carbonyl (C=O) groups excluding carboxylic acids is 1. The standard InChI is InChI=1S/C12H15BrN2O2/c1-8-6-15(7-9(2)17-8)12(16)11-4-3-10(13)5-14-11/h3-5,8-9H,6-7H2,1-2H3/t8-,9?/m1/s1. The zero-order valence-electron chi connectivity index (χ0n) is 9.89. The van der Waals surface area contributed by atoms with Gasteiger partial charge in [0, 0.05) is 23.8 Å². The Balaban J connectivity index is 2.11. The molecule has 1 amide bonds. The third-order valence-electron chi connectivity index (χ3n) is 2.65. The van der Waals surface area contributed by atoms with Crippen LogP contribution in [-0.2, 0) is 4.74 Å². The molecule has 0 radical (unpaired) electrons. The quantitative estimate of drug-likeness (QED) is 0.797. The van der Waals surface area contributed by atoms with E-state index in [4.69, 9.17) is 4.74 Å². The first-order valence-electron chi connectivity index (χ1n) is 5.62. The molecule has 0 aromatic carbocycles. The number of hydrogen-bond donors (Lipinski definition) is 0. The van der Waals surface area contributed by atoms with Gasteiger partial charge < -0.3 is 9.64 Å². The molecule has 2 atom stereocenters. The van der Waals surface area contributed by atoms with E-state index in [9.17, 15) is 4.79 Å². The van der Waals surface area contributed by atoms with Crippen molar-refractivity contribution >= 4 is 21.8 Å². The van der Waals surface area contributed by atoms with Gasteiger partial charge in [-0.2, -0.15) is 0 Å². The van der Waals surface area contributed by atoms with Crippen LogP contribution in [-0.4, -0.2) is 41.1 Å². The number of aromatic nitrogens is 1. The summed E-state index contributed by atoms with van der Waals surface area (Å²) in [4.78, 5) is 18.1. The predicted octanol–water partition coefficient (Wildman–Crippen LogP) is 2.09. The number of rotatable bonds is 1. The molecule has 4 nitrogen and oxygen atoms in total. The largest absolute Gasteiger partial charge is 0.372 e. The third kappa shape index (κ3) is 3.04. The van der Waals surface area contributed by atoms with E-state index in [1.807, 2.05) is 19.9 Å². The van der Waals surface area contributed by atoms with Crippen LogP contribution in [0.25, 0.3) is 0 Å². The van der Waals surface area contributed by atoms with Crippen molar-refractivity contribution in [2.24, 2.45) is 0 Å². The molecule has 0 N–H and O–H groups in total. The van der Waals surface area contributed by atoms with Crippen LogP contribution in [0.5, 0.6) is 0 Å². The Labute approximate surface area is 109 Å². The van der Waals surface area contributed by atoms with Gasteiger partial charge in [-0.1, -0.05) is 0 Å². The van der Waals surface area contributed by atoms with Gasteiger partial charge in [-0.3, -0.25) is 4.79 Å². The molecule has 1 aromatic rings. The van der Waals surface area contributed by atoms with Gasteiger partial charge in [-0.15, -0.1) is 0 Å². The Hall–Kier alpha value is -0.940. The highest BCUT2D eigenvalue weighted by atomic mass is 79.9. The number of nitrogens with zero attached hydrogens (tertiary/aromatic N) is 2. The van der Waals surface area contributed by atoms with Crippen molar-refractivity contribution in [3.8, 4) is 0 Å². The second-order valence-electron chi connectivity index (χ2n) is 4.33. The van der Waals surface area contributed by atoms with Crippen molar-refractivity contribution in [1.29, 1.82) is 0 Å². The zero-order chi connectivity index (χ0) is 12.4. The van der Waals surface area contributed by atoms with E-state index in [1.165, 1.54) is 0 Å². The molecule has 1 aliphatic rings. The topological polar surface area (TPSA) is 42.4 Å². The Bertz CT molecular complexity index is 397. The number of pyridine rings is 1. The summed E-state index contributed by atoms with van der Waals surface area (Å²) in [6.45, 7) is 5.21. The van der Waals surface area contributed by atoms with Gasteiger partial charge in [-0.05, 0) is 41.9 Å². The Morgan fingerprint density at radius 1 is 1.41 bits per heavy atom. The van der Waals surface area contributed by atoms with E-state index >= 15 is 0 Å².